The highest BCUT2D eigenvalue weighted by atomic mass is 31.2. The minimum absolute atomic E-state index is 0.0272. The van der Waals surface area contributed by atoms with E-state index < -0.39 is 50.6 Å². The molecule has 2 N–H and O–H groups in total. The molecule has 338 valence electrons. The highest BCUT2D eigenvalue weighted by Crippen LogP contribution is 2.38. The second kappa shape index (κ2) is 33.0. The number of Topliss-reactive ketones (excluding diaryl/α,β-unsaturated/α-hetero) is 1. The van der Waals surface area contributed by atoms with Crippen LogP contribution in [-0.4, -0.2) is 98.2 Å². The van der Waals surface area contributed by atoms with Crippen LogP contribution in [0.25, 0.3) is 0 Å². The van der Waals surface area contributed by atoms with Gasteiger partial charge in [0.05, 0.1) is 40.0 Å². The van der Waals surface area contributed by atoms with E-state index in [-0.39, 0.29) is 44.2 Å². The summed E-state index contributed by atoms with van der Waals surface area (Å²) in [6, 6.07) is 0. The second-order valence-electron chi connectivity index (χ2n) is 16.5. The molecule has 0 spiro atoms. The molecule has 0 aromatic carbocycles. The van der Waals surface area contributed by atoms with Crippen molar-refractivity contribution in [2.75, 3.05) is 47.5 Å². The van der Waals surface area contributed by atoms with E-state index in [2.05, 4.69) is 50.3 Å². The smallest absolute Gasteiger partial charge is 0.306 e. The Labute approximate surface area is 356 Å². The number of esters is 2. The first kappa shape index (κ1) is 54.3. The number of carbonyl (C=O) groups is 3. The number of likely N-dealkylation sites (N-methyl/N-ethyl adjacent to an activating group) is 1. The molecule has 59 heavy (non-hydrogen) atoms. The zero-order valence-corrected chi connectivity index (χ0v) is 37.8. The highest BCUT2D eigenvalue weighted by molar-refractivity contribution is 7.45. The van der Waals surface area contributed by atoms with E-state index >= 15 is 0 Å². The third-order valence-corrected chi connectivity index (χ3v) is 10.9. The number of rotatable bonds is 35. The van der Waals surface area contributed by atoms with Gasteiger partial charge in [-0.1, -0.05) is 113 Å². The van der Waals surface area contributed by atoms with Gasteiger partial charge >= 0.3 is 11.9 Å². The van der Waals surface area contributed by atoms with E-state index in [1.807, 2.05) is 33.3 Å². The molecule has 1 aliphatic rings. The molecule has 1 unspecified atom stereocenters. The summed E-state index contributed by atoms with van der Waals surface area (Å²) in [7, 11) is 0.981. The number of ketones is 1. The van der Waals surface area contributed by atoms with Crippen LogP contribution in [-0.2, 0) is 37.5 Å². The number of aliphatic hydroxyl groups excluding tert-OH is 2. The van der Waals surface area contributed by atoms with Gasteiger partial charge < -0.3 is 38.1 Å². The van der Waals surface area contributed by atoms with Gasteiger partial charge in [-0.15, -0.1) is 0 Å². The van der Waals surface area contributed by atoms with Crippen molar-refractivity contribution < 1.29 is 57.1 Å². The lowest BCUT2D eigenvalue weighted by atomic mass is 9.90. The Bertz CT molecular complexity index is 1350. The number of nitrogens with zero attached hydrogens (tertiary/aromatic N) is 1. The van der Waals surface area contributed by atoms with Gasteiger partial charge in [0.2, 0.25) is 0 Å². The molecule has 13 heteroatoms. The first-order valence-electron chi connectivity index (χ1n) is 22.1. The van der Waals surface area contributed by atoms with Crippen molar-refractivity contribution in [1.82, 2.24) is 0 Å². The Kier molecular flexibility index (Phi) is 30.4. The number of unbranched alkanes of at least 4 members (excludes halogenated alkanes) is 8. The highest BCUT2D eigenvalue weighted by Gasteiger charge is 2.39. The van der Waals surface area contributed by atoms with Crippen LogP contribution in [0.1, 0.15) is 136 Å². The van der Waals surface area contributed by atoms with Gasteiger partial charge in [-0.3, -0.25) is 18.9 Å². The van der Waals surface area contributed by atoms with Gasteiger partial charge in [-0.05, 0) is 64.2 Å². The molecule has 1 saturated carbocycles. The molecular formula is C46H78NO11P. The lowest BCUT2D eigenvalue weighted by Gasteiger charge is -2.28. The fraction of sp³-hybridized carbons (Fsp3) is 0.717. The van der Waals surface area contributed by atoms with Gasteiger partial charge in [0, 0.05) is 31.1 Å². The summed E-state index contributed by atoms with van der Waals surface area (Å²) in [4.78, 5) is 50.3. The number of phosphoric ester groups is 1. The van der Waals surface area contributed by atoms with Crippen molar-refractivity contribution in [1.29, 1.82) is 0 Å². The van der Waals surface area contributed by atoms with E-state index in [1.54, 1.807) is 12.2 Å². The summed E-state index contributed by atoms with van der Waals surface area (Å²) in [5, 5.41) is 20.8. The molecule has 0 bridgehead atoms. The number of carbonyl (C=O) groups excluding carboxylic acids is 3. The minimum Gasteiger partial charge on any atom is -0.756 e. The number of quaternary nitrogens is 1. The van der Waals surface area contributed by atoms with Crippen LogP contribution in [0.15, 0.2) is 60.8 Å². The SMILES string of the molecule is CC/C=C\C/C=C\C/C=C\CCCCCCCC(=O)OC[C@H](COP(=O)([O-])OCC[N+](C)(C)C)OC(=O)CCC/C=C\C[C@H]1[C@@H](O)CC(=O)[C@@H]1/C=C/[C@@H](O)CCCCC. The van der Waals surface area contributed by atoms with E-state index in [4.69, 9.17) is 18.5 Å². The molecular weight excluding hydrogens is 773 g/mol. The number of phosphoric acid groups is 1. The van der Waals surface area contributed by atoms with Crippen LogP contribution in [0, 0.1) is 11.8 Å². The van der Waals surface area contributed by atoms with Crippen LogP contribution in [0.4, 0.5) is 0 Å². The monoisotopic (exact) mass is 852 g/mol. The van der Waals surface area contributed by atoms with Gasteiger partial charge in [0.15, 0.2) is 6.10 Å². The Morgan fingerprint density at radius 1 is 0.831 bits per heavy atom. The van der Waals surface area contributed by atoms with E-state index in [1.165, 1.54) is 0 Å². The Morgan fingerprint density at radius 2 is 1.47 bits per heavy atom. The predicted octanol–water partition coefficient (Wildman–Crippen LogP) is 8.42. The summed E-state index contributed by atoms with van der Waals surface area (Å²) in [5.74, 6) is -1.83. The van der Waals surface area contributed by atoms with Crippen molar-refractivity contribution in [2.24, 2.45) is 11.8 Å². The molecule has 1 rings (SSSR count). The molecule has 1 aliphatic carbocycles. The third kappa shape index (κ3) is 30.1. The van der Waals surface area contributed by atoms with Crippen molar-refractivity contribution in [3.05, 3.63) is 60.8 Å². The van der Waals surface area contributed by atoms with Crippen molar-refractivity contribution in [2.45, 2.75) is 154 Å². The molecule has 0 aliphatic heterocycles. The van der Waals surface area contributed by atoms with Gasteiger partial charge in [-0.25, -0.2) is 0 Å². The summed E-state index contributed by atoms with van der Waals surface area (Å²) >= 11 is 0. The van der Waals surface area contributed by atoms with Crippen molar-refractivity contribution >= 4 is 25.5 Å². The molecule has 6 atom stereocenters. The van der Waals surface area contributed by atoms with E-state index in [0.29, 0.717) is 43.1 Å². The number of allylic oxidation sites excluding steroid dienone is 9. The summed E-state index contributed by atoms with van der Waals surface area (Å²) in [5.41, 5.74) is 0. The number of hydrogen-bond donors (Lipinski definition) is 2. The first-order valence-corrected chi connectivity index (χ1v) is 23.6. The lowest BCUT2D eigenvalue weighted by molar-refractivity contribution is -0.870. The van der Waals surface area contributed by atoms with Crippen LogP contribution >= 0.6 is 7.82 Å². The molecule has 0 amide bonds. The molecule has 0 radical (unpaired) electrons. The standard InChI is InChI=1S/C46H78NO11P/c1-6-8-10-11-12-13-14-15-16-17-18-19-20-21-26-30-45(51)55-37-40(38-57-59(53,54)56-35-34-47(3,4)5)58-46(52)31-27-23-22-25-29-41-42(44(50)36-43(41)49)33-32-39(48)28-24-9-7-2/h8,10,12-13,15-16,22,25,32-33,39-43,48-49H,6-7,9,11,14,17-21,23-24,26-31,34-38H2,1-5H3/b10-8-,13-12-,16-15-,25-22-,33-32+/t39-,40+,41+,42+,43-/m0/s1. The summed E-state index contributed by atoms with van der Waals surface area (Å²) in [6.45, 7) is 3.65. The minimum atomic E-state index is -4.71. The van der Waals surface area contributed by atoms with Crippen molar-refractivity contribution in [3.63, 3.8) is 0 Å². The molecule has 0 saturated heterocycles. The maximum Gasteiger partial charge on any atom is 0.306 e. The first-order chi connectivity index (χ1) is 28.2. The van der Waals surface area contributed by atoms with Gasteiger partial charge in [-0.2, -0.15) is 0 Å². The lowest BCUT2D eigenvalue weighted by Crippen LogP contribution is -2.37. The number of aliphatic hydroxyl groups is 2. The quantitative estimate of drug-likeness (QED) is 0.0206. The topological polar surface area (TPSA) is 169 Å². The average molecular weight is 852 g/mol. The van der Waals surface area contributed by atoms with Crippen LogP contribution in [0.2, 0.25) is 0 Å². The van der Waals surface area contributed by atoms with E-state index in [9.17, 15) is 34.1 Å². The van der Waals surface area contributed by atoms with Crippen LogP contribution in [0.5, 0.6) is 0 Å². The van der Waals surface area contributed by atoms with Gasteiger partial charge in [0.1, 0.15) is 25.5 Å². The normalized spacial score (nSPS) is 19.8. The number of hydrogen-bond acceptors (Lipinski definition) is 11. The number of ether oxygens (including phenoxy) is 2. The van der Waals surface area contributed by atoms with Crippen LogP contribution in [0.3, 0.4) is 0 Å². The largest absolute Gasteiger partial charge is 0.756 e. The Morgan fingerprint density at radius 3 is 2.19 bits per heavy atom. The molecule has 0 aromatic heterocycles. The molecule has 12 nitrogen and oxygen atoms in total. The molecule has 1 fully saturated rings. The second-order valence-corrected chi connectivity index (χ2v) is 17.9. The van der Waals surface area contributed by atoms with Crippen LogP contribution < -0.4 is 4.89 Å². The maximum atomic E-state index is 12.8. The third-order valence-electron chi connectivity index (χ3n) is 9.90. The summed E-state index contributed by atoms with van der Waals surface area (Å²) < 4.78 is 33.8. The Hall–Kier alpha value is -2.70. The zero-order chi connectivity index (χ0) is 43.8. The molecule has 0 heterocycles. The maximum absolute atomic E-state index is 12.8. The predicted molar refractivity (Wildman–Crippen MR) is 232 cm³/mol. The fourth-order valence-electron chi connectivity index (χ4n) is 6.35. The fourth-order valence-corrected chi connectivity index (χ4v) is 7.08. The van der Waals surface area contributed by atoms with E-state index in [0.717, 1.165) is 70.6 Å². The van der Waals surface area contributed by atoms with Gasteiger partial charge in [0.25, 0.3) is 7.82 Å². The average Bonchev–Trinajstić information content (AvgIpc) is 3.44. The zero-order valence-electron chi connectivity index (χ0n) is 36.9. The summed E-state index contributed by atoms with van der Waals surface area (Å²) in [6.07, 6.45) is 31.9. The Balaban J connectivity index is 2.54. The van der Waals surface area contributed by atoms with Crippen molar-refractivity contribution in [3.8, 4) is 0 Å². The molecule has 0 aromatic rings.